The Morgan fingerprint density at radius 3 is 2.85 bits per heavy atom. The predicted molar refractivity (Wildman–Crippen MR) is 42.8 cm³/mol. The molecule has 1 heterocycles. The Labute approximate surface area is 73.3 Å². The number of rotatable bonds is 3. The molecule has 1 rings (SSSR count). The molecule has 0 bridgehead atoms. The molecule has 0 spiro atoms. The maximum atomic E-state index is 10.4. The number of aromatic nitrogens is 1. The third-order valence-corrected chi connectivity index (χ3v) is 1.38. The molecule has 0 saturated heterocycles. The lowest BCUT2D eigenvalue weighted by Gasteiger charge is -1.99. The van der Waals surface area contributed by atoms with E-state index in [1.807, 2.05) is 0 Å². The van der Waals surface area contributed by atoms with Crippen LogP contribution in [0, 0.1) is 10.1 Å². The molecule has 0 unspecified atom stereocenters. The summed E-state index contributed by atoms with van der Waals surface area (Å²) >= 11 is 0. The summed E-state index contributed by atoms with van der Waals surface area (Å²) in [7, 11) is 1.28. The summed E-state index contributed by atoms with van der Waals surface area (Å²) in [6, 6.07) is 1.26. The molecular weight excluding hydrogens is 176 g/mol. The standard InChI is InChI=1S/C7H6N2O4/c1-13-6-2-5(4-10)3-8-7(6)9(11)12/h2-4H,1H3. The van der Waals surface area contributed by atoms with E-state index in [1.165, 1.54) is 13.2 Å². The number of pyridine rings is 1. The molecule has 0 aliphatic rings. The van der Waals surface area contributed by atoms with Gasteiger partial charge in [0.1, 0.15) is 0 Å². The van der Waals surface area contributed by atoms with Gasteiger partial charge in [-0.25, -0.2) is 0 Å². The number of aldehydes is 1. The Bertz CT molecular complexity index is 350. The van der Waals surface area contributed by atoms with Crippen molar-refractivity contribution < 1.29 is 14.5 Å². The fourth-order valence-electron chi connectivity index (χ4n) is 0.804. The van der Waals surface area contributed by atoms with Gasteiger partial charge in [-0.1, -0.05) is 0 Å². The fourth-order valence-corrected chi connectivity index (χ4v) is 0.804. The Balaban J connectivity index is 3.23. The highest BCUT2D eigenvalue weighted by molar-refractivity contribution is 5.75. The summed E-state index contributed by atoms with van der Waals surface area (Å²) in [5, 5.41) is 10.4. The average molecular weight is 182 g/mol. The van der Waals surface area contributed by atoms with Crippen LogP contribution in [0.4, 0.5) is 5.82 Å². The quantitative estimate of drug-likeness (QED) is 0.392. The van der Waals surface area contributed by atoms with Crippen molar-refractivity contribution in [3.05, 3.63) is 27.9 Å². The smallest absolute Gasteiger partial charge is 0.406 e. The molecule has 6 heteroatoms. The zero-order valence-electron chi connectivity index (χ0n) is 6.76. The van der Waals surface area contributed by atoms with Crippen LogP contribution < -0.4 is 4.74 Å². The Morgan fingerprint density at radius 1 is 1.69 bits per heavy atom. The van der Waals surface area contributed by atoms with Crippen molar-refractivity contribution >= 4 is 12.1 Å². The van der Waals surface area contributed by atoms with E-state index in [9.17, 15) is 14.9 Å². The second-order valence-electron chi connectivity index (χ2n) is 2.17. The van der Waals surface area contributed by atoms with Crippen molar-refractivity contribution in [3.63, 3.8) is 0 Å². The van der Waals surface area contributed by atoms with Gasteiger partial charge in [0.05, 0.1) is 12.7 Å². The maximum Gasteiger partial charge on any atom is 0.406 e. The molecule has 0 aliphatic carbocycles. The van der Waals surface area contributed by atoms with E-state index in [4.69, 9.17) is 0 Å². The number of hydrogen-bond acceptors (Lipinski definition) is 5. The van der Waals surface area contributed by atoms with Gasteiger partial charge in [0, 0.05) is 6.07 Å². The van der Waals surface area contributed by atoms with Crippen LogP contribution in [0.15, 0.2) is 12.3 Å². The number of carbonyl (C=O) groups is 1. The van der Waals surface area contributed by atoms with Gasteiger partial charge in [-0.05, 0) is 9.91 Å². The monoisotopic (exact) mass is 182 g/mol. The normalized spacial score (nSPS) is 9.31. The molecule has 0 N–H and O–H groups in total. The predicted octanol–water partition coefficient (Wildman–Crippen LogP) is 0.811. The summed E-state index contributed by atoms with van der Waals surface area (Å²) in [5.41, 5.74) is 0.238. The number of nitrogens with zero attached hydrogens (tertiary/aromatic N) is 2. The molecule has 0 fully saturated rings. The molecule has 0 amide bonds. The largest absolute Gasteiger partial charge is 0.489 e. The molecule has 68 valence electrons. The first kappa shape index (κ1) is 9.11. The lowest BCUT2D eigenvalue weighted by atomic mass is 10.3. The topological polar surface area (TPSA) is 82.3 Å². The third kappa shape index (κ3) is 1.78. The highest BCUT2D eigenvalue weighted by Crippen LogP contribution is 2.23. The second-order valence-corrected chi connectivity index (χ2v) is 2.17. The lowest BCUT2D eigenvalue weighted by Crippen LogP contribution is -1.97. The Morgan fingerprint density at radius 2 is 2.38 bits per heavy atom. The fraction of sp³-hybridized carbons (Fsp3) is 0.143. The molecule has 0 aliphatic heterocycles. The minimum Gasteiger partial charge on any atom is -0.489 e. The SMILES string of the molecule is COc1cc(C=O)cnc1[N+](=O)[O-]. The van der Waals surface area contributed by atoms with Gasteiger partial charge in [-0.15, -0.1) is 0 Å². The molecule has 13 heavy (non-hydrogen) atoms. The summed E-state index contributed by atoms with van der Waals surface area (Å²) in [6.45, 7) is 0. The molecule has 1 aromatic heterocycles. The van der Waals surface area contributed by atoms with E-state index in [1.54, 1.807) is 0 Å². The zero-order chi connectivity index (χ0) is 9.84. The van der Waals surface area contributed by atoms with Gasteiger partial charge < -0.3 is 14.9 Å². The number of ether oxygens (including phenoxy) is 1. The van der Waals surface area contributed by atoms with E-state index in [2.05, 4.69) is 9.72 Å². The minimum atomic E-state index is -0.673. The van der Waals surface area contributed by atoms with Crippen LogP contribution in [-0.4, -0.2) is 23.3 Å². The minimum absolute atomic E-state index is 0.0189. The van der Waals surface area contributed by atoms with Gasteiger partial charge >= 0.3 is 5.82 Å². The molecule has 0 radical (unpaired) electrons. The van der Waals surface area contributed by atoms with Crippen LogP contribution >= 0.6 is 0 Å². The van der Waals surface area contributed by atoms with E-state index < -0.39 is 10.7 Å². The highest BCUT2D eigenvalue weighted by Gasteiger charge is 2.16. The van der Waals surface area contributed by atoms with Crippen LogP contribution in [0.1, 0.15) is 10.4 Å². The van der Waals surface area contributed by atoms with Crippen molar-refractivity contribution in [2.24, 2.45) is 0 Å². The average Bonchev–Trinajstić information content (AvgIpc) is 2.16. The van der Waals surface area contributed by atoms with Crippen molar-refractivity contribution in [3.8, 4) is 5.75 Å². The van der Waals surface area contributed by atoms with Crippen molar-refractivity contribution in [1.82, 2.24) is 4.98 Å². The van der Waals surface area contributed by atoms with Gasteiger partial charge in [-0.3, -0.25) is 4.79 Å². The maximum absolute atomic E-state index is 10.4. The van der Waals surface area contributed by atoms with Crippen molar-refractivity contribution in [1.29, 1.82) is 0 Å². The first-order chi connectivity index (χ1) is 6.19. The van der Waals surface area contributed by atoms with E-state index in [0.717, 1.165) is 6.20 Å². The van der Waals surface area contributed by atoms with Crippen molar-refractivity contribution in [2.45, 2.75) is 0 Å². The molecule has 0 saturated carbocycles. The number of methoxy groups -OCH3 is 1. The number of nitro groups is 1. The Hall–Kier alpha value is -1.98. The van der Waals surface area contributed by atoms with E-state index in [0.29, 0.717) is 6.29 Å². The van der Waals surface area contributed by atoms with Gasteiger partial charge in [0.2, 0.25) is 5.75 Å². The second kappa shape index (κ2) is 3.61. The zero-order valence-corrected chi connectivity index (χ0v) is 6.76. The molecule has 1 aromatic rings. The summed E-state index contributed by atoms with van der Waals surface area (Å²) in [5.74, 6) is -0.414. The lowest BCUT2D eigenvalue weighted by molar-refractivity contribution is -0.390. The van der Waals surface area contributed by atoms with Crippen LogP contribution in [-0.2, 0) is 0 Å². The van der Waals surface area contributed by atoms with Crippen LogP contribution in [0.25, 0.3) is 0 Å². The van der Waals surface area contributed by atoms with Crippen LogP contribution in [0.3, 0.4) is 0 Å². The van der Waals surface area contributed by atoms with Crippen molar-refractivity contribution in [2.75, 3.05) is 7.11 Å². The van der Waals surface area contributed by atoms with E-state index >= 15 is 0 Å². The summed E-state index contributed by atoms with van der Waals surface area (Å²) < 4.78 is 4.69. The molecule has 6 nitrogen and oxygen atoms in total. The van der Waals surface area contributed by atoms with Gasteiger partial charge in [-0.2, -0.15) is 0 Å². The van der Waals surface area contributed by atoms with Gasteiger partial charge in [0.15, 0.2) is 12.5 Å². The summed E-state index contributed by atoms with van der Waals surface area (Å²) in [4.78, 5) is 23.4. The Kier molecular flexibility index (Phi) is 2.53. The summed E-state index contributed by atoms with van der Waals surface area (Å²) in [6.07, 6.45) is 1.66. The first-order valence-corrected chi connectivity index (χ1v) is 3.32. The number of carbonyl (C=O) groups excluding carboxylic acids is 1. The van der Waals surface area contributed by atoms with E-state index in [-0.39, 0.29) is 11.3 Å². The molecular formula is C7H6N2O4. The number of hydrogen-bond donors (Lipinski definition) is 0. The van der Waals surface area contributed by atoms with Gasteiger partial charge in [0.25, 0.3) is 0 Å². The molecule has 0 atom stereocenters. The molecule has 0 aromatic carbocycles. The van der Waals surface area contributed by atoms with Crippen LogP contribution in [0.5, 0.6) is 5.75 Å². The highest BCUT2D eigenvalue weighted by atomic mass is 16.6. The third-order valence-electron chi connectivity index (χ3n) is 1.38. The van der Waals surface area contributed by atoms with Crippen LogP contribution in [0.2, 0.25) is 0 Å². The first-order valence-electron chi connectivity index (χ1n) is 3.32.